The summed E-state index contributed by atoms with van der Waals surface area (Å²) in [5.41, 5.74) is 5.73. The molecule has 20 heavy (non-hydrogen) atoms. The molecular weight excluding hydrogens is 284 g/mol. The van der Waals surface area contributed by atoms with Crippen molar-refractivity contribution < 1.29 is 19.1 Å². The summed E-state index contributed by atoms with van der Waals surface area (Å²) >= 11 is 6.02. The van der Waals surface area contributed by atoms with Crippen molar-refractivity contribution in [1.29, 1.82) is 0 Å². The van der Waals surface area contributed by atoms with Crippen LogP contribution in [0, 0.1) is 0 Å². The van der Waals surface area contributed by atoms with Gasteiger partial charge >= 0.3 is 0 Å². The molecule has 0 aromatic heterocycles. The largest absolute Gasteiger partial charge is 0.454 e. The molecule has 2 amide bonds. The van der Waals surface area contributed by atoms with Gasteiger partial charge in [-0.05, 0) is 30.7 Å². The Balaban J connectivity index is 2.06. The highest BCUT2D eigenvalue weighted by Crippen LogP contribution is 2.39. The molecule has 6 nitrogen and oxygen atoms in total. The molecule has 0 saturated heterocycles. The highest BCUT2D eigenvalue weighted by Gasteiger charge is 2.17. The number of nitrogens with two attached hydrogens (primary N) is 1. The van der Waals surface area contributed by atoms with Crippen LogP contribution in [-0.2, 0) is 9.59 Å². The van der Waals surface area contributed by atoms with E-state index in [1.807, 2.05) is 0 Å². The van der Waals surface area contributed by atoms with Gasteiger partial charge in [-0.3, -0.25) is 9.59 Å². The standard InChI is InChI=1S/C13H13ClN2O4/c1-7(13(15)18)16-11(17)3-2-8-4-9(14)12-10(5-8)19-6-20-12/h2-5,7H,6H2,1H3,(H2,15,18)(H,16,17)/b3-2+. The third kappa shape index (κ3) is 3.21. The van der Waals surface area contributed by atoms with E-state index in [0.29, 0.717) is 22.1 Å². The van der Waals surface area contributed by atoms with Crippen molar-refractivity contribution in [3.05, 3.63) is 28.8 Å². The van der Waals surface area contributed by atoms with Crippen LogP contribution in [0.15, 0.2) is 18.2 Å². The van der Waals surface area contributed by atoms with Crippen LogP contribution in [0.2, 0.25) is 5.02 Å². The van der Waals surface area contributed by atoms with Gasteiger partial charge in [-0.1, -0.05) is 11.6 Å². The molecule has 1 unspecified atom stereocenters. The number of ether oxygens (including phenoxy) is 2. The maximum Gasteiger partial charge on any atom is 0.244 e. The van der Waals surface area contributed by atoms with Crippen molar-refractivity contribution >= 4 is 29.5 Å². The van der Waals surface area contributed by atoms with Gasteiger partial charge in [0.05, 0.1) is 5.02 Å². The van der Waals surface area contributed by atoms with Crippen LogP contribution >= 0.6 is 11.6 Å². The molecule has 1 aliphatic rings. The second-order valence-electron chi connectivity index (χ2n) is 4.20. The van der Waals surface area contributed by atoms with E-state index >= 15 is 0 Å². The first-order valence-corrected chi connectivity index (χ1v) is 6.22. The lowest BCUT2D eigenvalue weighted by molar-refractivity contribution is -0.124. The van der Waals surface area contributed by atoms with Gasteiger partial charge in [0.15, 0.2) is 11.5 Å². The minimum Gasteiger partial charge on any atom is -0.454 e. The Labute approximate surface area is 120 Å². The van der Waals surface area contributed by atoms with E-state index in [1.165, 1.54) is 13.0 Å². The van der Waals surface area contributed by atoms with E-state index in [-0.39, 0.29) is 6.79 Å². The van der Waals surface area contributed by atoms with Crippen LogP contribution in [0.4, 0.5) is 0 Å². The van der Waals surface area contributed by atoms with Gasteiger partial charge in [-0.15, -0.1) is 0 Å². The summed E-state index contributed by atoms with van der Waals surface area (Å²) in [4.78, 5) is 22.4. The maximum atomic E-state index is 11.6. The zero-order chi connectivity index (χ0) is 14.7. The minimum absolute atomic E-state index is 0.124. The number of halogens is 1. The number of benzene rings is 1. The highest BCUT2D eigenvalue weighted by atomic mass is 35.5. The number of rotatable bonds is 4. The number of carbonyl (C=O) groups is 2. The molecule has 0 bridgehead atoms. The fraction of sp³-hybridized carbons (Fsp3) is 0.231. The SMILES string of the molecule is CC(NC(=O)/C=C/c1cc(Cl)c2c(c1)OCO2)C(N)=O. The van der Waals surface area contributed by atoms with Gasteiger partial charge < -0.3 is 20.5 Å². The van der Waals surface area contributed by atoms with Crippen molar-refractivity contribution in [1.82, 2.24) is 5.32 Å². The van der Waals surface area contributed by atoms with E-state index in [0.717, 1.165) is 0 Å². The molecular formula is C13H13ClN2O4. The van der Waals surface area contributed by atoms with Crippen molar-refractivity contribution in [3.63, 3.8) is 0 Å². The maximum absolute atomic E-state index is 11.6. The summed E-state index contributed by atoms with van der Waals surface area (Å²) in [6, 6.07) is 2.62. The van der Waals surface area contributed by atoms with E-state index in [9.17, 15) is 9.59 Å². The first-order chi connectivity index (χ1) is 9.47. The predicted octanol–water partition coefficient (Wildman–Crippen LogP) is 1.07. The van der Waals surface area contributed by atoms with Crippen LogP contribution in [0.3, 0.4) is 0 Å². The first kappa shape index (κ1) is 14.2. The molecule has 1 atom stereocenters. The molecule has 1 aromatic carbocycles. The number of hydrogen-bond acceptors (Lipinski definition) is 4. The fourth-order valence-electron chi connectivity index (χ4n) is 1.59. The normalized spacial score (nSPS) is 14.3. The first-order valence-electron chi connectivity index (χ1n) is 5.84. The monoisotopic (exact) mass is 296 g/mol. The number of carbonyl (C=O) groups excluding carboxylic acids is 2. The molecule has 106 valence electrons. The molecule has 7 heteroatoms. The van der Waals surface area contributed by atoms with Gasteiger partial charge in [0.2, 0.25) is 18.6 Å². The van der Waals surface area contributed by atoms with E-state index in [1.54, 1.807) is 18.2 Å². The Kier molecular flexibility index (Phi) is 4.14. The zero-order valence-electron chi connectivity index (χ0n) is 10.7. The number of primary amides is 1. The molecule has 0 spiro atoms. The zero-order valence-corrected chi connectivity index (χ0v) is 11.4. The van der Waals surface area contributed by atoms with E-state index in [4.69, 9.17) is 26.8 Å². The Morgan fingerprint density at radius 3 is 2.90 bits per heavy atom. The van der Waals surface area contributed by atoms with Crippen LogP contribution in [0.5, 0.6) is 11.5 Å². The number of hydrogen-bond donors (Lipinski definition) is 2. The smallest absolute Gasteiger partial charge is 0.244 e. The van der Waals surface area contributed by atoms with Gasteiger partial charge in [0.25, 0.3) is 0 Å². The lowest BCUT2D eigenvalue weighted by atomic mass is 10.2. The number of fused-ring (bicyclic) bond motifs is 1. The summed E-state index contributed by atoms with van der Waals surface area (Å²) in [5, 5.41) is 2.84. The van der Waals surface area contributed by atoms with Crippen LogP contribution in [-0.4, -0.2) is 24.6 Å². The van der Waals surface area contributed by atoms with Crippen molar-refractivity contribution in [2.45, 2.75) is 13.0 Å². The lowest BCUT2D eigenvalue weighted by Crippen LogP contribution is -2.41. The van der Waals surface area contributed by atoms with Crippen molar-refractivity contribution in [2.24, 2.45) is 5.73 Å². The van der Waals surface area contributed by atoms with Crippen molar-refractivity contribution in [3.8, 4) is 11.5 Å². The Bertz CT molecular complexity index is 586. The Morgan fingerprint density at radius 2 is 2.20 bits per heavy atom. The molecule has 0 saturated carbocycles. The summed E-state index contributed by atoms with van der Waals surface area (Å²) in [5.74, 6) is 0.00152. The van der Waals surface area contributed by atoms with E-state index in [2.05, 4.69) is 5.32 Å². The molecule has 1 aromatic rings. The average molecular weight is 297 g/mol. The van der Waals surface area contributed by atoms with Crippen LogP contribution in [0.1, 0.15) is 12.5 Å². The Hall–Kier alpha value is -2.21. The third-order valence-corrected chi connectivity index (χ3v) is 2.94. The molecule has 0 fully saturated rings. The van der Waals surface area contributed by atoms with E-state index < -0.39 is 17.9 Å². The second-order valence-corrected chi connectivity index (χ2v) is 4.61. The van der Waals surface area contributed by atoms with Gasteiger partial charge in [0.1, 0.15) is 6.04 Å². The highest BCUT2D eigenvalue weighted by molar-refractivity contribution is 6.32. The molecule has 0 aliphatic carbocycles. The fourth-order valence-corrected chi connectivity index (χ4v) is 1.86. The lowest BCUT2D eigenvalue weighted by Gasteiger charge is -2.07. The number of nitrogens with one attached hydrogen (secondary N) is 1. The average Bonchev–Trinajstić information content (AvgIpc) is 2.85. The minimum atomic E-state index is -0.729. The van der Waals surface area contributed by atoms with Gasteiger partial charge in [-0.25, -0.2) is 0 Å². The quantitative estimate of drug-likeness (QED) is 0.813. The molecule has 3 N–H and O–H groups in total. The topological polar surface area (TPSA) is 90.7 Å². The van der Waals surface area contributed by atoms with Crippen LogP contribution in [0.25, 0.3) is 6.08 Å². The third-order valence-electron chi connectivity index (χ3n) is 2.66. The molecule has 1 aliphatic heterocycles. The number of amides is 2. The molecule has 0 radical (unpaired) electrons. The van der Waals surface area contributed by atoms with Gasteiger partial charge in [0, 0.05) is 6.08 Å². The summed E-state index contributed by atoms with van der Waals surface area (Å²) in [6.45, 7) is 1.63. The van der Waals surface area contributed by atoms with Crippen molar-refractivity contribution in [2.75, 3.05) is 6.79 Å². The molecule has 2 rings (SSSR count). The predicted molar refractivity (Wildman–Crippen MR) is 73.4 cm³/mol. The molecule has 1 heterocycles. The Morgan fingerprint density at radius 1 is 1.45 bits per heavy atom. The summed E-state index contributed by atoms with van der Waals surface area (Å²) in [6.07, 6.45) is 2.84. The summed E-state index contributed by atoms with van der Waals surface area (Å²) in [7, 11) is 0. The summed E-state index contributed by atoms with van der Waals surface area (Å²) < 4.78 is 10.4. The second kappa shape index (κ2) is 5.83. The van der Waals surface area contributed by atoms with Gasteiger partial charge in [-0.2, -0.15) is 0 Å². The van der Waals surface area contributed by atoms with Crippen LogP contribution < -0.4 is 20.5 Å².